The van der Waals surface area contributed by atoms with Crippen LogP contribution in [0.4, 0.5) is 0 Å². The number of ether oxygens (including phenoxy) is 4. The van der Waals surface area contributed by atoms with E-state index in [1.807, 2.05) is 66.7 Å². The van der Waals surface area contributed by atoms with Crippen molar-refractivity contribution in [2.75, 3.05) is 35.4 Å². The quantitative estimate of drug-likeness (QED) is 0.259. The van der Waals surface area contributed by atoms with E-state index in [-0.39, 0.29) is 0 Å². The minimum Gasteiger partial charge on any atom is -0.497 e. The third kappa shape index (κ3) is 6.35. The zero-order valence-electron chi connectivity index (χ0n) is 22.7. The molecule has 0 aliphatic rings. The lowest BCUT2D eigenvalue weighted by Gasteiger charge is -2.17. The van der Waals surface area contributed by atoms with E-state index in [0.29, 0.717) is 48.1 Å². The van der Waals surface area contributed by atoms with Crippen LogP contribution in [0.2, 0.25) is 0 Å². The van der Waals surface area contributed by atoms with Crippen LogP contribution in [0.3, 0.4) is 0 Å². The molecule has 4 rings (SSSR count). The van der Waals surface area contributed by atoms with Crippen LogP contribution < -0.4 is 18.9 Å². The predicted molar refractivity (Wildman–Crippen MR) is 149 cm³/mol. The molecule has 0 atom stereocenters. The standard InChI is InChI=1S/C29H33N3O6S/c1-31(2)39(33,34)32-20-30-25(26(32)16-21-11-13-24(35-3)14-12-21)15-23-17-27(36-4)29(28(18-23)37-5)38-19-22-9-7-6-8-10-22/h6-14,17-18,20H,15-16,19H2,1-5H3. The van der Waals surface area contributed by atoms with Gasteiger partial charge in [-0.05, 0) is 41.0 Å². The van der Waals surface area contributed by atoms with E-state index < -0.39 is 10.2 Å². The van der Waals surface area contributed by atoms with E-state index in [1.54, 1.807) is 21.3 Å². The average molecular weight is 552 g/mol. The second-order valence-corrected chi connectivity index (χ2v) is 11.0. The van der Waals surface area contributed by atoms with Gasteiger partial charge in [-0.2, -0.15) is 12.7 Å². The van der Waals surface area contributed by atoms with Crippen LogP contribution in [0.15, 0.2) is 73.1 Å². The number of imidazole rings is 1. The van der Waals surface area contributed by atoms with Gasteiger partial charge in [0.05, 0.1) is 32.7 Å². The molecule has 0 bridgehead atoms. The van der Waals surface area contributed by atoms with Crippen molar-refractivity contribution in [3.63, 3.8) is 0 Å². The zero-order valence-corrected chi connectivity index (χ0v) is 23.6. The van der Waals surface area contributed by atoms with E-state index in [4.69, 9.17) is 18.9 Å². The monoisotopic (exact) mass is 551 g/mol. The molecule has 0 spiro atoms. The maximum Gasteiger partial charge on any atom is 0.308 e. The number of nitrogens with zero attached hydrogens (tertiary/aromatic N) is 3. The van der Waals surface area contributed by atoms with Gasteiger partial charge in [0.1, 0.15) is 18.7 Å². The van der Waals surface area contributed by atoms with Crippen molar-refractivity contribution in [1.29, 1.82) is 0 Å². The Hall–Kier alpha value is -4.02. The summed E-state index contributed by atoms with van der Waals surface area (Å²) >= 11 is 0. The highest BCUT2D eigenvalue weighted by molar-refractivity contribution is 7.87. The molecule has 0 fully saturated rings. The molecular formula is C29H33N3O6S. The van der Waals surface area contributed by atoms with Crippen LogP contribution in [0.25, 0.3) is 0 Å². The summed E-state index contributed by atoms with van der Waals surface area (Å²) in [6, 6.07) is 21.1. The lowest BCUT2D eigenvalue weighted by Crippen LogP contribution is -2.29. The van der Waals surface area contributed by atoms with Crippen molar-refractivity contribution in [3.8, 4) is 23.0 Å². The summed E-state index contributed by atoms with van der Waals surface area (Å²) in [6.07, 6.45) is 2.07. The molecule has 1 aromatic heterocycles. The summed E-state index contributed by atoms with van der Waals surface area (Å²) < 4.78 is 51.3. The Balaban J connectivity index is 1.69. The van der Waals surface area contributed by atoms with Gasteiger partial charge in [-0.15, -0.1) is 0 Å². The maximum absolute atomic E-state index is 13.1. The fourth-order valence-electron chi connectivity index (χ4n) is 4.13. The largest absolute Gasteiger partial charge is 0.497 e. The molecule has 0 saturated heterocycles. The Labute approximate surface area is 229 Å². The summed E-state index contributed by atoms with van der Waals surface area (Å²) in [6.45, 7) is 0.353. The van der Waals surface area contributed by atoms with Crippen molar-refractivity contribution in [1.82, 2.24) is 13.3 Å². The van der Waals surface area contributed by atoms with Crippen molar-refractivity contribution in [2.45, 2.75) is 19.4 Å². The Kier molecular flexibility index (Phi) is 8.78. The fourth-order valence-corrected chi connectivity index (χ4v) is 5.10. The van der Waals surface area contributed by atoms with Gasteiger partial charge < -0.3 is 18.9 Å². The topological polar surface area (TPSA) is 92.1 Å². The smallest absolute Gasteiger partial charge is 0.308 e. The highest BCUT2D eigenvalue weighted by atomic mass is 32.2. The highest BCUT2D eigenvalue weighted by Crippen LogP contribution is 2.40. The van der Waals surface area contributed by atoms with E-state index in [1.165, 1.54) is 28.7 Å². The number of methoxy groups -OCH3 is 3. The number of rotatable bonds is 12. The van der Waals surface area contributed by atoms with E-state index in [0.717, 1.165) is 22.4 Å². The van der Waals surface area contributed by atoms with Crippen LogP contribution in [0.5, 0.6) is 23.0 Å². The number of hydrogen-bond acceptors (Lipinski definition) is 7. The van der Waals surface area contributed by atoms with E-state index in [2.05, 4.69) is 4.98 Å². The number of benzene rings is 3. The van der Waals surface area contributed by atoms with Crippen molar-refractivity contribution >= 4 is 10.2 Å². The molecule has 0 unspecified atom stereocenters. The predicted octanol–water partition coefficient (Wildman–Crippen LogP) is 4.32. The summed E-state index contributed by atoms with van der Waals surface area (Å²) in [5.41, 5.74) is 3.96. The van der Waals surface area contributed by atoms with Gasteiger partial charge >= 0.3 is 10.2 Å². The number of aromatic nitrogens is 2. The first-order valence-electron chi connectivity index (χ1n) is 12.3. The second-order valence-electron chi connectivity index (χ2n) is 9.03. The minimum absolute atomic E-state index is 0.353. The summed E-state index contributed by atoms with van der Waals surface area (Å²) in [5.74, 6) is 2.24. The molecule has 0 amide bonds. The lowest BCUT2D eigenvalue weighted by molar-refractivity contribution is 0.265. The maximum atomic E-state index is 13.1. The minimum atomic E-state index is -3.78. The molecular weight excluding hydrogens is 518 g/mol. The summed E-state index contributed by atoms with van der Waals surface area (Å²) in [5, 5.41) is 0. The molecule has 0 radical (unpaired) electrons. The van der Waals surface area contributed by atoms with Gasteiger partial charge in [-0.1, -0.05) is 42.5 Å². The Morgan fingerprint density at radius 1 is 0.795 bits per heavy atom. The van der Waals surface area contributed by atoms with E-state index in [9.17, 15) is 8.42 Å². The molecule has 1 heterocycles. The molecule has 4 aromatic rings. The van der Waals surface area contributed by atoms with Crippen LogP contribution in [-0.4, -0.2) is 57.1 Å². The summed E-state index contributed by atoms with van der Waals surface area (Å²) in [4.78, 5) is 4.52. The van der Waals surface area contributed by atoms with Gasteiger partial charge in [0.15, 0.2) is 11.5 Å². The van der Waals surface area contributed by atoms with Crippen molar-refractivity contribution in [2.24, 2.45) is 0 Å². The van der Waals surface area contributed by atoms with Gasteiger partial charge in [-0.25, -0.2) is 8.96 Å². The third-order valence-electron chi connectivity index (χ3n) is 6.28. The van der Waals surface area contributed by atoms with Crippen LogP contribution >= 0.6 is 0 Å². The zero-order chi connectivity index (χ0) is 28.0. The third-order valence-corrected chi connectivity index (χ3v) is 8.01. The number of hydrogen-bond donors (Lipinski definition) is 0. The van der Waals surface area contributed by atoms with Crippen LogP contribution in [-0.2, 0) is 29.7 Å². The Bertz CT molecular complexity index is 1480. The Morgan fingerprint density at radius 3 is 2.00 bits per heavy atom. The highest BCUT2D eigenvalue weighted by Gasteiger charge is 2.24. The van der Waals surface area contributed by atoms with Gasteiger partial charge in [0.2, 0.25) is 5.75 Å². The lowest BCUT2D eigenvalue weighted by atomic mass is 10.0. The normalized spacial score (nSPS) is 11.4. The molecule has 0 N–H and O–H groups in total. The summed E-state index contributed by atoms with van der Waals surface area (Å²) in [7, 11) is 3.95. The first-order chi connectivity index (χ1) is 18.8. The molecule has 10 heteroatoms. The second kappa shape index (κ2) is 12.2. The van der Waals surface area contributed by atoms with Crippen molar-refractivity contribution in [3.05, 3.63) is 101 Å². The molecule has 39 heavy (non-hydrogen) atoms. The molecule has 9 nitrogen and oxygen atoms in total. The van der Waals surface area contributed by atoms with Gasteiger partial charge in [0, 0.05) is 26.9 Å². The van der Waals surface area contributed by atoms with Crippen LogP contribution in [0.1, 0.15) is 28.1 Å². The molecule has 0 saturated carbocycles. The molecule has 3 aromatic carbocycles. The van der Waals surface area contributed by atoms with Gasteiger partial charge in [-0.3, -0.25) is 0 Å². The van der Waals surface area contributed by atoms with Gasteiger partial charge in [0.25, 0.3) is 0 Å². The molecule has 0 aliphatic heterocycles. The van der Waals surface area contributed by atoms with Crippen molar-refractivity contribution < 1.29 is 27.4 Å². The Morgan fingerprint density at radius 2 is 1.44 bits per heavy atom. The molecule has 206 valence electrons. The first-order valence-corrected chi connectivity index (χ1v) is 13.7. The average Bonchev–Trinajstić information content (AvgIpc) is 3.34. The molecule has 0 aliphatic carbocycles. The van der Waals surface area contributed by atoms with E-state index >= 15 is 0 Å². The van der Waals surface area contributed by atoms with Crippen LogP contribution in [0, 0.1) is 0 Å². The first kappa shape index (κ1) is 28.0. The fraction of sp³-hybridized carbons (Fsp3) is 0.276. The SMILES string of the molecule is COc1ccc(Cc2c(Cc3cc(OC)c(OCc4ccccc4)c(OC)c3)ncn2S(=O)(=O)N(C)C)cc1.